The van der Waals surface area contributed by atoms with Crippen LogP contribution in [0.5, 0.6) is 0 Å². The molecule has 33 heavy (non-hydrogen) atoms. The van der Waals surface area contributed by atoms with Crippen molar-refractivity contribution >= 4 is 11.9 Å². The molecule has 0 unspecified atom stereocenters. The Morgan fingerprint density at radius 2 is 1.30 bits per heavy atom. The zero-order valence-electron chi connectivity index (χ0n) is 18.7. The number of carbonyl (C=O) groups excluding carboxylic acids is 2. The fraction of sp³-hybridized carbons (Fsp3) is 0.250. The third-order valence-corrected chi connectivity index (χ3v) is 5.78. The summed E-state index contributed by atoms with van der Waals surface area (Å²) in [4.78, 5) is 26.8. The first kappa shape index (κ1) is 23.7. The number of unbranched alkanes of at least 4 members (excludes halogenated alkanes) is 2. The summed E-state index contributed by atoms with van der Waals surface area (Å²) >= 11 is 0. The van der Waals surface area contributed by atoms with Crippen LogP contribution < -0.4 is 5.32 Å². The molecule has 1 atom stereocenters. The maximum Gasteiger partial charge on any atom is 0.328 e. The van der Waals surface area contributed by atoms with Gasteiger partial charge in [-0.25, -0.2) is 4.79 Å². The number of rotatable bonds is 10. The Balaban J connectivity index is 2.11. The zero-order chi connectivity index (χ0) is 23.5. The van der Waals surface area contributed by atoms with Gasteiger partial charge in [-0.2, -0.15) is 5.26 Å². The largest absolute Gasteiger partial charge is 0.467 e. The number of carbonyl (C=O) groups is 2. The summed E-state index contributed by atoms with van der Waals surface area (Å²) < 4.78 is 4.98. The quantitative estimate of drug-likeness (QED) is 0.280. The molecule has 0 bridgehead atoms. The Morgan fingerprint density at radius 1 is 0.848 bits per heavy atom. The van der Waals surface area contributed by atoms with Crippen LogP contribution in [-0.4, -0.2) is 25.0 Å². The lowest BCUT2D eigenvalue weighted by Crippen LogP contribution is -2.52. The highest BCUT2D eigenvalue weighted by Crippen LogP contribution is 2.39. The van der Waals surface area contributed by atoms with Crippen LogP contribution in [0.4, 0.5) is 0 Å². The number of nitriles is 1. The van der Waals surface area contributed by atoms with Crippen molar-refractivity contribution in [2.75, 3.05) is 7.11 Å². The Bertz CT molecular complexity index is 980. The number of ether oxygens (including phenoxy) is 1. The van der Waals surface area contributed by atoms with Gasteiger partial charge < -0.3 is 10.1 Å². The fourth-order valence-corrected chi connectivity index (χ4v) is 4.17. The Hall–Kier alpha value is -3.91. The lowest BCUT2D eigenvalue weighted by Gasteiger charge is -2.35. The van der Waals surface area contributed by atoms with E-state index in [0.717, 1.165) is 16.7 Å². The van der Waals surface area contributed by atoms with E-state index in [1.807, 2.05) is 91.0 Å². The molecule has 0 saturated carbocycles. The van der Waals surface area contributed by atoms with Crippen molar-refractivity contribution in [3.63, 3.8) is 0 Å². The van der Waals surface area contributed by atoms with Crippen molar-refractivity contribution in [2.24, 2.45) is 0 Å². The molecule has 3 rings (SSSR count). The molecule has 168 valence electrons. The molecule has 0 aliphatic heterocycles. The minimum absolute atomic E-state index is 0.304. The smallest absolute Gasteiger partial charge is 0.328 e. The zero-order valence-corrected chi connectivity index (χ0v) is 18.7. The number of amides is 1. The van der Waals surface area contributed by atoms with Crippen LogP contribution in [0.2, 0.25) is 0 Å². The molecule has 1 amide bonds. The third kappa shape index (κ3) is 5.30. The summed E-state index contributed by atoms with van der Waals surface area (Å²) in [5.41, 5.74) is 1.23. The number of hydrogen-bond acceptors (Lipinski definition) is 4. The lowest BCUT2D eigenvalue weighted by molar-refractivity contribution is -0.145. The third-order valence-electron chi connectivity index (χ3n) is 5.78. The fourth-order valence-electron chi connectivity index (χ4n) is 4.17. The number of nitrogens with zero attached hydrogens (tertiary/aromatic N) is 1. The highest BCUT2D eigenvalue weighted by atomic mass is 16.5. The highest BCUT2D eigenvalue weighted by Gasteiger charge is 2.45. The molecule has 0 spiro atoms. The van der Waals surface area contributed by atoms with Crippen LogP contribution in [0.15, 0.2) is 91.0 Å². The summed E-state index contributed by atoms with van der Waals surface area (Å²) in [6, 6.07) is 30.1. The lowest BCUT2D eigenvalue weighted by atomic mass is 9.68. The first-order chi connectivity index (χ1) is 16.1. The van der Waals surface area contributed by atoms with Gasteiger partial charge in [-0.3, -0.25) is 4.79 Å². The van der Waals surface area contributed by atoms with E-state index in [1.165, 1.54) is 7.11 Å². The second kappa shape index (κ2) is 11.6. The van der Waals surface area contributed by atoms with Crippen LogP contribution in [0.3, 0.4) is 0 Å². The summed E-state index contributed by atoms with van der Waals surface area (Å²) in [6.07, 6.45) is 2.09. The van der Waals surface area contributed by atoms with E-state index in [1.54, 1.807) is 0 Å². The Morgan fingerprint density at radius 3 is 1.70 bits per heavy atom. The van der Waals surface area contributed by atoms with E-state index < -0.39 is 17.4 Å². The van der Waals surface area contributed by atoms with Gasteiger partial charge in [0.2, 0.25) is 5.91 Å². The predicted octanol–water partition coefficient (Wildman–Crippen LogP) is 4.76. The van der Waals surface area contributed by atoms with Crippen LogP contribution in [0.25, 0.3) is 0 Å². The number of methoxy groups -OCH3 is 1. The normalized spacial score (nSPS) is 11.8. The first-order valence-corrected chi connectivity index (χ1v) is 11.1. The van der Waals surface area contributed by atoms with Crippen molar-refractivity contribution in [1.29, 1.82) is 5.26 Å². The predicted molar refractivity (Wildman–Crippen MR) is 127 cm³/mol. The average Bonchev–Trinajstić information content (AvgIpc) is 2.88. The van der Waals surface area contributed by atoms with Gasteiger partial charge in [0.15, 0.2) is 0 Å². The molecule has 0 aromatic heterocycles. The molecule has 5 nitrogen and oxygen atoms in total. The van der Waals surface area contributed by atoms with Crippen molar-refractivity contribution in [3.05, 3.63) is 108 Å². The van der Waals surface area contributed by atoms with Crippen molar-refractivity contribution in [2.45, 2.75) is 37.1 Å². The molecule has 3 aromatic carbocycles. The maximum atomic E-state index is 14.2. The number of benzene rings is 3. The number of nitrogens with one attached hydrogen (secondary N) is 1. The van der Waals surface area contributed by atoms with Crippen LogP contribution in [0, 0.1) is 11.3 Å². The van der Waals surface area contributed by atoms with Crippen molar-refractivity contribution < 1.29 is 14.3 Å². The molecule has 0 fully saturated rings. The molecule has 1 N–H and O–H groups in total. The van der Waals surface area contributed by atoms with Crippen molar-refractivity contribution in [3.8, 4) is 6.07 Å². The van der Waals surface area contributed by atoms with Gasteiger partial charge >= 0.3 is 5.97 Å². The van der Waals surface area contributed by atoms with Gasteiger partial charge in [-0.15, -0.1) is 0 Å². The SMILES string of the molecule is COC(=O)[C@H](CCCCC#N)NC(=O)C(c1ccccc1)(c1ccccc1)c1ccccc1. The van der Waals surface area contributed by atoms with Gasteiger partial charge in [0.1, 0.15) is 11.5 Å². The number of hydrogen-bond donors (Lipinski definition) is 1. The van der Waals surface area contributed by atoms with E-state index in [0.29, 0.717) is 25.7 Å². The highest BCUT2D eigenvalue weighted by molar-refractivity contribution is 5.98. The topological polar surface area (TPSA) is 79.2 Å². The van der Waals surface area contributed by atoms with Gasteiger partial charge in [-0.1, -0.05) is 91.0 Å². The Kier molecular flexibility index (Phi) is 8.37. The van der Waals surface area contributed by atoms with Crippen LogP contribution in [0.1, 0.15) is 42.4 Å². The van der Waals surface area contributed by atoms with Gasteiger partial charge in [0.05, 0.1) is 13.2 Å². The van der Waals surface area contributed by atoms with Crippen molar-refractivity contribution in [1.82, 2.24) is 5.32 Å². The molecule has 0 aliphatic carbocycles. The van der Waals surface area contributed by atoms with E-state index in [-0.39, 0.29) is 5.91 Å². The van der Waals surface area contributed by atoms with Crippen LogP contribution >= 0.6 is 0 Å². The minimum atomic E-state index is -1.16. The van der Waals surface area contributed by atoms with E-state index >= 15 is 0 Å². The molecule has 0 saturated heterocycles. The van der Waals surface area contributed by atoms with E-state index in [2.05, 4.69) is 11.4 Å². The summed E-state index contributed by atoms with van der Waals surface area (Å²) in [7, 11) is 1.32. The molecule has 0 radical (unpaired) electrons. The minimum Gasteiger partial charge on any atom is -0.467 e. The van der Waals surface area contributed by atoms with E-state index in [4.69, 9.17) is 10.00 Å². The van der Waals surface area contributed by atoms with Gasteiger partial charge in [0, 0.05) is 6.42 Å². The molecular formula is C28H28N2O3. The second-order valence-corrected chi connectivity index (χ2v) is 7.80. The first-order valence-electron chi connectivity index (χ1n) is 11.1. The molecule has 3 aromatic rings. The molecular weight excluding hydrogens is 412 g/mol. The average molecular weight is 441 g/mol. The maximum absolute atomic E-state index is 14.2. The van der Waals surface area contributed by atoms with Crippen LogP contribution in [-0.2, 0) is 19.7 Å². The second-order valence-electron chi connectivity index (χ2n) is 7.80. The van der Waals surface area contributed by atoms with E-state index in [9.17, 15) is 9.59 Å². The standard InChI is InChI=1S/C28H28N2O3/c1-33-26(31)25(20-12-5-13-21-29)30-27(32)28(22-14-6-2-7-15-22,23-16-8-3-9-17-23)24-18-10-4-11-19-24/h2-4,6-11,14-19,25H,5,12-13,20H2,1H3,(H,30,32)/t25-/m0/s1. The molecule has 0 aliphatic rings. The number of esters is 1. The van der Waals surface area contributed by atoms with Gasteiger partial charge in [-0.05, 0) is 36.0 Å². The Labute approximate surface area is 195 Å². The summed E-state index contributed by atoms with van der Waals surface area (Å²) in [5.74, 6) is -0.801. The molecule has 0 heterocycles. The summed E-state index contributed by atoms with van der Waals surface area (Å²) in [6.45, 7) is 0. The molecule has 5 heteroatoms. The van der Waals surface area contributed by atoms with Gasteiger partial charge in [0.25, 0.3) is 0 Å². The summed E-state index contributed by atoms with van der Waals surface area (Å²) in [5, 5.41) is 11.8. The monoisotopic (exact) mass is 440 g/mol.